The van der Waals surface area contributed by atoms with Crippen LogP contribution in [0, 0.1) is 11.6 Å². The number of carboxylic acids is 1. The molecule has 0 aromatic heterocycles. The smallest absolute Gasteiger partial charge is 0.372 e. The highest BCUT2D eigenvalue weighted by molar-refractivity contribution is 6.33. The van der Waals surface area contributed by atoms with E-state index in [-0.39, 0.29) is 5.56 Å². The number of ketones is 1. The minimum absolute atomic E-state index is 0.00574. The van der Waals surface area contributed by atoms with Gasteiger partial charge in [-0.3, -0.25) is 4.79 Å². The molecule has 0 aliphatic carbocycles. The summed E-state index contributed by atoms with van der Waals surface area (Å²) < 4.78 is 30.5. The zero-order valence-corrected chi connectivity index (χ0v) is 8.29. The first kappa shape index (κ1) is 12.1. The van der Waals surface area contributed by atoms with Crippen LogP contribution in [0.5, 0.6) is 5.75 Å². The Kier molecular flexibility index (Phi) is 3.55. The average Bonchev–Trinajstić information content (AvgIpc) is 2.23. The molecule has 0 fully saturated rings. The number of carbonyl (C=O) groups is 2. The number of hydrogen-bond donors (Lipinski definition) is 1. The van der Waals surface area contributed by atoms with Gasteiger partial charge in [-0.2, -0.15) is 4.39 Å². The van der Waals surface area contributed by atoms with Crippen molar-refractivity contribution in [2.45, 2.75) is 6.42 Å². The predicted octanol–water partition coefficient (Wildman–Crippen LogP) is 1.17. The number of halogens is 2. The third kappa shape index (κ3) is 2.33. The topological polar surface area (TPSA) is 63.6 Å². The lowest BCUT2D eigenvalue weighted by atomic mass is 10.1. The SMILES string of the molecule is COc1c(CC(=O)C(=O)O)ccc(F)c1F. The predicted molar refractivity (Wildman–Crippen MR) is 49.3 cm³/mol. The monoisotopic (exact) mass is 230 g/mol. The van der Waals surface area contributed by atoms with Crippen LogP contribution in [0.15, 0.2) is 12.1 Å². The van der Waals surface area contributed by atoms with E-state index in [1.807, 2.05) is 0 Å². The molecule has 6 heteroatoms. The fourth-order valence-corrected chi connectivity index (χ4v) is 1.18. The van der Waals surface area contributed by atoms with E-state index in [9.17, 15) is 18.4 Å². The quantitative estimate of drug-likeness (QED) is 0.788. The van der Waals surface area contributed by atoms with Gasteiger partial charge in [0.2, 0.25) is 11.6 Å². The minimum atomic E-state index is -1.63. The van der Waals surface area contributed by atoms with E-state index in [1.165, 1.54) is 0 Å². The first-order valence-corrected chi connectivity index (χ1v) is 4.24. The van der Waals surface area contributed by atoms with Crippen LogP contribution >= 0.6 is 0 Å². The van der Waals surface area contributed by atoms with E-state index < -0.39 is 35.6 Å². The number of benzene rings is 1. The lowest BCUT2D eigenvalue weighted by Gasteiger charge is -2.08. The summed E-state index contributed by atoms with van der Waals surface area (Å²) in [5.74, 6) is -5.56. The molecule has 0 unspecified atom stereocenters. The lowest BCUT2D eigenvalue weighted by molar-refractivity contribution is -0.148. The molecule has 86 valence electrons. The second-order valence-corrected chi connectivity index (χ2v) is 2.96. The van der Waals surface area contributed by atoms with Gasteiger partial charge in [-0.25, -0.2) is 9.18 Å². The molecule has 0 atom stereocenters. The highest BCUT2D eigenvalue weighted by Gasteiger charge is 2.19. The van der Waals surface area contributed by atoms with Crippen molar-refractivity contribution < 1.29 is 28.2 Å². The van der Waals surface area contributed by atoms with Gasteiger partial charge in [0.1, 0.15) is 0 Å². The van der Waals surface area contributed by atoms with Gasteiger partial charge in [0.15, 0.2) is 11.6 Å². The van der Waals surface area contributed by atoms with E-state index in [2.05, 4.69) is 4.74 Å². The van der Waals surface area contributed by atoms with Gasteiger partial charge in [0.25, 0.3) is 0 Å². The van der Waals surface area contributed by atoms with Crippen LogP contribution in [0.2, 0.25) is 0 Å². The largest absolute Gasteiger partial charge is 0.493 e. The molecule has 0 spiro atoms. The molecule has 1 aromatic carbocycles. The number of carbonyl (C=O) groups excluding carboxylic acids is 1. The lowest BCUT2D eigenvalue weighted by Crippen LogP contribution is -2.16. The van der Waals surface area contributed by atoms with E-state index in [1.54, 1.807) is 0 Å². The normalized spacial score (nSPS) is 9.94. The molecule has 1 aromatic rings. The van der Waals surface area contributed by atoms with Crippen molar-refractivity contribution in [1.29, 1.82) is 0 Å². The van der Waals surface area contributed by atoms with Crippen LogP contribution in [0.4, 0.5) is 8.78 Å². The zero-order valence-electron chi connectivity index (χ0n) is 8.29. The van der Waals surface area contributed by atoms with Gasteiger partial charge >= 0.3 is 5.97 Å². The summed E-state index contributed by atoms with van der Waals surface area (Å²) in [7, 11) is 1.10. The van der Waals surface area contributed by atoms with E-state index in [4.69, 9.17) is 5.11 Å². The van der Waals surface area contributed by atoms with Gasteiger partial charge in [0.05, 0.1) is 7.11 Å². The summed E-state index contributed by atoms with van der Waals surface area (Å²) in [4.78, 5) is 21.2. The van der Waals surface area contributed by atoms with Crippen molar-refractivity contribution in [3.8, 4) is 5.75 Å². The Labute approximate surface area is 89.5 Å². The molecule has 1 rings (SSSR count). The average molecular weight is 230 g/mol. The molecular formula is C10H8F2O4. The molecule has 0 saturated heterocycles. The van der Waals surface area contributed by atoms with Crippen LogP contribution in [-0.2, 0) is 16.0 Å². The third-order valence-corrected chi connectivity index (χ3v) is 1.93. The molecular weight excluding hydrogens is 222 g/mol. The van der Waals surface area contributed by atoms with E-state index in [0.29, 0.717) is 0 Å². The Morgan fingerprint density at radius 3 is 2.50 bits per heavy atom. The summed E-state index contributed by atoms with van der Waals surface area (Å²) in [5.41, 5.74) is -0.00574. The maximum absolute atomic E-state index is 13.2. The maximum atomic E-state index is 13.2. The second kappa shape index (κ2) is 4.69. The second-order valence-electron chi connectivity index (χ2n) is 2.96. The van der Waals surface area contributed by atoms with Gasteiger partial charge < -0.3 is 9.84 Å². The summed E-state index contributed by atoms with van der Waals surface area (Å²) in [5, 5.41) is 8.37. The van der Waals surface area contributed by atoms with Gasteiger partial charge in [-0.15, -0.1) is 0 Å². The van der Waals surface area contributed by atoms with Crippen LogP contribution in [0.3, 0.4) is 0 Å². The van der Waals surface area contributed by atoms with Crippen molar-refractivity contribution in [3.63, 3.8) is 0 Å². The van der Waals surface area contributed by atoms with Crippen molar-refractivity contribution in [2.75, 3.05) is 7.11 Å². The molecule has 0 radical (unpaired) electrons. The van der Waals surface area contributed by atoms with E-state index >= 15 is 0 Å². The molecule has 0 aliphatic rings. The standard InChI is InChI=1S/C10H8F2O4/c1-16-9-5(4-7(13)10(14)15)2-3-6(11)8(9)12/h2-3H,4H2,1H3,(H,14,15). The molecule has 16 heavy (non-hydrogen) atoms. The fraction of sp³-hybridized carbons (Fsp3) is 0.200. The van der Waals surface area contributed by atoms with Crippen molar-refractivity contribution in [3.05, 3.63) is 29.3 Å². The molecule has 0 amide bonds. The van der Waals surface area contributed by atoms with Gasteiger partial charge in [-0.1, -0.05) is 6.07 Å². The summed E-state index contributed by atoms with van der Waals surface area (Å²) >= 11 is 0. The summed E-state index contributed by atoms with van der Waals surface area (Å²) in [6, 6.07) is 1.92. The Hall–Kier alpha value is -1.98. The van der Waals surface area contributed by atoms with Crippen molar-refractivity contribution >= 4 is 11.8 Å². The van der Waals surface area contributed by atoms with Crippen LogP contribution in [-0.4, -0.2) is 24.0 Å². The Bertz CT molecular complexity index is 443. The maximum Gasteiger partial charge on any atom is 0.372 e. The molecule has 0 bridgehead atoms. The fourth-order valence-electron chi connectivity index (χ4n) is 1.18. The number of rotatable bonds is 4. The number of hydrogen-bond acceptors (Lipinski definition) is 3. The number of methoxy groups -OCH3 is 1. The number of Topliss-reactive ketones (excluding diaryl/α,β-unsaturated/α-hetero) is 1. The number of carboxylic acid groups (broad SMARTS) is 1. The molecule has 0 saturated carbocycles. The summed E-state index contributed by atoms with van der Waals surface area (Å²) in [6.07, 6.45) is -0.546. The van der Waals surface area contributed by atoms with Gasteiger partial charge in [-0.05, 0) is 6.07 Å². The Morgan fingerprint density at radius 1 is 1.38 bits per heavy atom. The first-order valence-electron chi connectivity index (χ1n) is 4.24. The zero-order chi connectivity index (χ0) is 12.3. The van der Waals surface area contributed by atoms with Crippen molar-refractivity contribution in [2.24, 2.45) is 0 Å². The molecule has 4 nitrogen and oxygen atoms in total. The Morgan fingerprint density at radius 2 is 2.00 bits per heavy atom. The minimum Gasteiger partial charge on any atom is -0.493 e. The first-order chi connectivity index (χ1) is 7.47. The highest BCUT2D eigenvalue weighted by atomic mass is 19.2. The van der Waals surface area contributed by atoms with Crippen LogP contribution in [0.1, 0.15) is 5.56 Å². The number of aliphatic carboxylic acids is 1. The third-order valence-electron chi connectivity index (χ3n) is 1.93. The van der Waals surface area contributed by atoms with E-state index in [0.717, 1.165) is 19.2 Å². The summed E-state index contributed by atoms with van der Waals surface area (Å²) in [6.45, 7) is 0. The molecule has 0 aliphatic heterocycles. The molecule has 0 heterocycles. The van der Waals surface area contributed by atoms with Crippen molar-refractivity contribution in [1.82, 2.24) is 0 Å². The Balaban J connectivity index is 3.10. The highest BCUT2D eigenvalue weighted by Crippen LogP contribution is 2.25. The van der Waals surface area contributed by atoms with Crippen LogP contribution in [0.25, 0.3) is 0 Å². The number of ether oxygens (including phenoxy) is 1. The van der Waals surface area contributed by atoms with Crippen LogP contribution < -0.4 is 4.74 Å². The van der Waals surface area contributed by atoms with Gasteiger partial charge in [0, 0.05) is 12.0 Å². The molecule has 1 N–H and O–H groups in total.